The van der Waals surface area contributed by atoms with E-state index >= 15 is 0 Å². The third-order valence-electron chi connectivity index (χ3n) is 23.5. The fourth-order valence-electron chi connectivity index (χ4n) is 17.1. The maximum absolute atomic E-state index is 13.5. The number of rotatable bonds is 24. The molecule has 4 atom stereocenters. The molecule has 1 unspecified atom stereocenters. The summed E-state index contributed by atoms with van der Waals surface area (Å²) in [7, 11) is 9.97. The quantitative estimate of drug-likeness (QED) is 0.0307. The Labute approximate surface area is 694 Å². The van der Waals surface area contributed by atoms with Gasteiger partial charge in [0, 0.05) is 98.5 Å². The van der Waals surface area contributed by atoms with E-state index in [4.69, 9.17) is 29.5 Å². The molecule has 0 aliphatic heterocycles. The normalized spacial score (nSPS) is 17.8. The number of methoxy groups -OCH3 is 3. The molecule has 0 radical (unpaired) electrons. The lowest BCUT2D eigenvalue weighted by Gasteiger charge is -2.31. The van der Waals surface area contributed by atoms with Gasteiger partial charge < -0.3 is 60.2 Å². The number of halogens is 9. The topological polar surface area (TPSA) is 263 Å². The van der Waals surface area contributed by atoms with Crippen LogP contribution in [0.25, 0.3) is 38.3 Å². The molecule has 0 saturated heterocycles. The lowest BCUT2D eigenvalue weighted by atomic mass is 9.77. The van der Waals surface area contributed by atoms with Crippen LogP contribution in [0.5, 0.6) is 17.2 Å². The van der Waals surface area contributed by atoms with E-state index in [9.17, 15) is 53.9 Å². The summed E-state index contributed by atoms with van der Waals surface area (Å²) >= 11 is 0. The van der Waals surface area contributed by atoms with Crippen LogP contribution in [0, 0.1) is 59.3 Å². The number of fused-ring (bicyclic) bond motifs is 3. The van der Waals surface area contributed by atoms with Gasteiger partial charge >= 0.3 is 18.5 Å². The van der Waals surface area contributed by atoms with Crippen molar-refractivity contribution in [3.8, 4) is 17.2 Å². The van der Waals surface area contributed by atoms with Crippen molar-refractivity contribution in [2.75, 3.05) is 97.9 Å². The lowest BCUT2D eigenvalue weighted by Crippen LogP contribution is -2.36. The first kappa shape index (κ1) is 91.8. The molecule has 30 heteroatoms. The van der Waals surface area contributed by atoms with Gasteiger partial charge in [-0.1, -0.05) is 42.5 Å². The number of carbonyl (C=O) groups excluding carboxylic acids is 3. The van der Waals surface area contributed by atoms with Crippen LogP contribution >= 0.6 is 0 Å². The molecule has 3 aliphatic rings. The van der Waals surface area contributed by atoms with E-state index in [1.54, 1.807) is 96.1 Å². The number of aliphatic hydroxyl groups is 3. The number of alkyl halides is 9. The van der Waals surface area contributed by atoms with Crippen molar-refractivity contribution in [2.24, 2.45) is 17.8 Å². The summed E-state index contributed by atoms with van der Waals surface area (Å²) < 4.78 is 139. The van der Waals surface area contributed by atoms with E-state index in [1.807, 2.05) is 57.2 Å². The monoisotopic (exact) mass is 1670 g/mol. The van der Waals surface area contributed by atoms with Gasteiger partial charge in [-0.15, -0.1) is 0 Å². The van der Waals surface area contributed by atoms with Gasteiger partial charge in [-0.3, -0.25) is 14.4 Å². The summed E-state index contributed by atoms with van der Waals surface area (Å²) in [4.78, 5) is 70.5. The minimum absolute atomic E-state index is 0.0176. The Morgan fingerprint density at radius 1 is 0.433 bits per heavy atom. The molecular weight excluding hydrogens is 1560 g/mol. The molecule has 0 spiro atoms. The van der Waals surface area contributed by atoms with Crippen LogP contribution < -0.4 is 30.2 Å². The summed E-state index contributed by atoms with van der Waals surface area (Å²) in [5.74, 6) is 5.46. The second kappa shape index (κ2) is 39.4. The molecule has 2 saturated carbocycles. The molecular formula is C90H109F9N12O9. The minimum atomic E-state index is -4.44. The Morgan fingerprint density at radius 2 is 0.742 bits per heavy atom. The van der Waals surface area contributed by atoms with Crippen LogP contribution in [0.15, 0.2) is 97.1 Å². The van der Waals surface area contributed by atoms with Crippen molar-refractivity contribution in [1.29, 1.82) is 0 Å². The van der Waals surface area contributed by atoms with Crippen molar-refractivity contribution in [3.63, 3.8) is 0 Å². The summed E-state index contributed by atoms with van der Waals surface area (Å²) in [6.45, 7) is 16.0. The van der Waals surface area contributed by atoms with Gasteiger partial charge in [0.05, 0.1) is 92.5 Å². The van der Waals surface area contributed by atoms with E-state index in [1.165, 1.54) is 39.0 Å². The standard InChI is InChI=1S/2C30H37F3N4O3.C30H35F3N4O3/c3*1-17-22(7-6-8-25(17)30(31,32)33)18(2)34-28-24-15-23(27(40-5)16-26(24)35-19(3)36-28)20-9-11-21(12-10-20)29(39)37(4)13-14-38/h2*6-8,15-16,18,20-21,38H,9-14H2,1-5H3,(H,34,35,36);6-9,15-16,18,21,38H,10-14H2,1-5H3,(H,34,35,36)/t2*18-,20?,21?;18-,21?/m111/s1. The predicted octanol–water partition coefficient (Wildman–Crippen LogP) is 18.4. The number of aryl methyl sites for hydroxylation is 3. The number of aliphatic hydroxyl groups excluding tert-OH is 3. The summed E-state index contributed by atoms with van der Waals surface area (Å²) in [6.07, 6.45) is -3.15. The van der Waals surface area contributed by atoms with Crippen molar-refractivity contribution in [1.82, 2.24) is 44.6 Å². The van der Waals surface area contributed by atoms with Gasteiger partial charge in [-0.2, -0.15) is 39.5 Å². The molecule has 6 N–H and O–H groups in total. The molecule has 3 aromatic heterocycles. The van der Waals surface area contributed by atoms with Crippen molar-refractivity contribution in [2.45, 2.75) is 181 Å². The molecule has 12 rings (SSSR count). The Balaban J connectivity index is 0.000000189. The molecule has 6 aromatic carbocycles. The molecule has 3 amide bonds. The number of allylic oxidation sites excluding steroid dienone is 2. The number of benzene rings is 6. The molecule has 21 nitrogen and oxygen atoms in total. The largest absolute Gasteiger partial charge is 0.496 e. The molecule has 9 aromatic rings. The Bertz CT molecular complexity index is 4980. The summed E-state index contributed by atoms with van der Waals surface area (Å²) in [6, 6.07) is 22.9. The second-order valence-electron chi connectivity index (χ2n) is 31.5. The van der Waals surface area contributed by atoms with Gasteiger partial charge in [0.1, 0.15) is 52.2 Å². The van der Waals surface area contributed by atoms with E-state index in [-0.39, 0.29) is 83.8 Å². The van der Waals surface area contributed by atoms with Crippen LogP contribution in [-0.2, 0) is 32.9 Å². The van der Waals surface area contributed by atoms with Crippen LogP contribution in [-0.4, -0.2) is 160 Å². The predicted molar refractivity (Wildman–Crippen MR) is 446 cm³/mol. The number of ether oxygens (including phenoxy) is 3. The molecule has 2 fully saturated rings. The zero-order valence-corrected chi connectivity index (χ0v) is 70.6. The number of amides is 3. The summed E-state index contributed by atoms with van der Waals surface area (Å²) in [5.41, 5.74) is 6.13. The van der Waals surface area contributed by atoms with Gasteiger partial charge in [-0.25, -0.2) is 29.9 Å². The highest BCUT2D eigenvalue weighted by Gasteiger charge is 2.39. The maximum Gasteiger partial charge on any atom is 0.416 e. The first-order chi connectivity index (χ1) is 56.8. The van der Waals surface area contributed by atoms with E-state index < -0.39 is 53.3 Å². The fraction of sp³-hybridized carbons (Fsp3) is 0.478. The summed E-state index contributed by atoms with van der Waals surface area (Å²) in [5, 5.41) is 39.8. The minimum Gasteiger partial charge on any atom is -0.496 e. The van der Waals surface area contributed by atoms with Gasteiger partial charge in [0.2, 0.25) is 17.7 Å². The second-order valence-corrected chi connectivity index (χ2v) is 31.5. The average Bonchev–Trinajstić information content (AvgIpc) is 0.775. The molecule has 3 heterocycles. The highest BCUT2D eigenvalue weighted by atomic mass is 19.4. The Kier molecular flexibility index (Phi) is 30.1. The molecule has 120 heavy (non-hydrogen) atoms. The van der Waals surface area contributed by atoms with Crippen LogP contribution in [0.1, 0.15) is 206 Å². The number of hydrogen-bond donors (Lipinski definition) is 6. The van der Waals surface area contributed by atoms with Crippen LogP contribution in [0.4, 0.5) is 57.0 Å². The van der Waals surface area contributed by atoms with E-state index in [0.717, 1.165) is 108 Å². The Morgan fingerprint density at radius 3 is 1.03 bits per heavy atom. The number of hydrogen-bond acceptors (Lipinski definition) is 18. The Hall–Kier alpha value is -10.5. The third-order valence-corrected chi connectivity index (χ3v) is 23.5. The molecule has 0 bridgehead atoms. The smallest absolute Gasteiger partial charge is 0.416 e. The van der Waals surface area contributed by atoms with E-state index in [0.29, 0.717) is 124 Å². The highest BCUT2D eigenvalue weighted by Crippen LogP contribution is 2.47. The first-order valence-electron chi connectivity index (χ1n) is 40.5. The molecule has 646 valence electrons. The first-order valence-corrected chi connectivity index (χ1v) is 40.5. The van der Waals surface area contributed by atoms with Crippen LogP contribution in [0.2, 0.25) is 0 Å². The van der Waals surface area contributed by atoms with Gasteiger partial charge in [0.25, 0.3) is 0 Å². The van der Waals surface area contributed by atoms with Gasteiger partial charge in [-0.05, 0) is 231 Å². The fourth-order valence-corrected chi connectivity index (χ4v) is 17.1. The SMILES string of the molecule is COc1cc2nc(C)nc(N[C@H](C)c3cccc(C(F)(F)F)c3C)c2cc1C1=CCC(C(=O)N(C)CCO)CC1.COc1cc2nc(C)nc(N[C@H](C)c3cccc(C(F)(F)F)c3C)c2cc1C1CCC(C(=O)N(C)CCO)CC1.COc1cc2nc(C)nc(N[C@H](C)c3cccc(C(F)(F)F)c3C)c2cc1C1CCC(C(=O)N(C)CCO)CC1. The zero-order chi connectivity index (χ0) is 87.6. The van der Waals surface area contributed by atoms with Crippen molar-refractivity contribution < 1.29 is 83.4 Å². The van der Waals surface area contributed by atoms with Gasteiger partial charge in [0.15, 0.2) is 0 Å². The number of nitrogens with one attached hydrogen (secondary N) is 3. The number of anilines is 3. The number of likely N-dealkylation sites (N-methyl/N-ethyl adjacent to an activating group) is 3. The lowest BCUT2D eigenvalue weighted by molar-refractivity contribution is -0.138. The maximum atomic E-state index is 13.5. The average molecular weight is 1670 g/mol. The number of nitrogens with zero attached hydrogens (tertiary/aromatic N) is 9. The zero-order valence-electron chi connectivity index (χ0n) is 70.6. The third kappa shape index (κ3) is 21.5. The van der Waals surface area contributed by atoms with Crippen LogP contribution in [0.3, 0.4) is 0 Å². The van der Waals surface area contributed by atoms with E-state index in [2.05, 4.69) is 51.9 Å². The number of aromatic nitrogens is 6. The number of carbonyl (C=O) groups is 3. The highest BCUT2D eigenvalue weighted by molar-refractivity contribution is 5.95. The van der Waals surface area contributed by atoms with Crippen molar-refractivity contribution >= 4 is 73.5 Å². The van der Waals surface area contributed by atoms with Crippen molar-refractivity contribution in [3.05, 3.63) is 181 Å². The molecule has 3 aliphatic carbocycles.